The zero-order valence-corrected chi connectivity index (χ0v) is 78.0. The van der Waals surface area contributed by atoms with Crippen molar-refractivity contribution < 1.29 is 97.9 Å². The van der Waals surface area contributed by atoms with Gasteiger partial charge in [0.25, 0.3) is 35.4 Å². The van der Waals surface area contributed by atoms with Crippen molar-refractivity contribution in [2.24, 2.45) is 0 Å². The molecule has 0 spiro atoms. The van der Waals surface area contributed by atoms with Gasteiger partial charge in [-0.1, -0.05) is 219 Å². The van der Waals surface area contributed by atoms with Crippen LogP contribution in [0.2, 0.25) is 0 Å². The molecule has 139 heavy (non-hydrogen) atoms. The lowest BCUT2D eigenvalue weighted by Gasteiger charge is -2.22. The number of fused-ring (bicyclic) bond motifs is 2. The van der Waals surface area contributed by atoms with E-state index in [4.69, 9.17) is 5.21 Å². The average Bonchev–Trinajstić information content (AvgIpc) is 0.808. The maximum absolute atomic E-state index is 13.2. The number of allylic oxidation sites excluding steroid dienone is 3. The van der Waals surface area contributed by atoms with Crippen LogP contribution >= 0.6 is 0 Å². The number of nitrogens with one attached hydrogen (secondary N) is 2. The highest BCUT2D eigenvalue weighted by molar-refractivity contribution is 6.36. The number of nitrogens with zero attached hydrogens (tertiary/aromatic N) is 7. The minimum atomic E-state index is -0.768. The summed E-state index contributed by atoms with van der Waals surface area (Å²) >= 11 is 0. The van der Waals surface area contributed by atoms with E-state index in [1.807, 2.05) is 171 Å². The summed E-state index contributed by atoms with van der Waals surface area (Å²) in [6.07, 6.45) is 9.52. The molecule has 8 N–H and O–H groups in total. The number of carbonyl (C=O) groups excluding carboxylic acids is 14. The molecule has 0 saturated carbocycles. The van der Waals surface area contributed by atoms with Gasteiger partial charge >= 0.3 is 0 Å². The molecule has 0 unspecified atom stereocenters. The summed E-state index contributed by atoms with van der Waals surface area (Å²) in [4.78, 5) is 183. The van der Waals surface area contributed by atoms with Crippen LogP contribution in [0.25, 0.3) is 21.8 Å². The van der Waals surface area contributed by atoms with Gasteiger partial charge in [-0.05, 0) is 141 Å². The Morgan fingerprint density at radius 2 is 0.597 bits per heavy atom. The molecule has 0 aliphatic carbocycles. The van der Waals surface area contributed by atoms with Gasteiger partial charge < -0.3 is 55.3 Å². The molecule has 7 amide bonds. The monoisotopic (exact) mass is 1880 g/mol. The van der Waals surface area contributed by atoms with Gasteiger partial charge in [-0.25, -0.2) is 5.48 Å². The Morgan fingerprint density at radius 3 is 0.892 bits per heavy atom. The lowest BCUT2D eigenvalue weighted by molar-refractivity contribution is -0.134. The number of para-hydroxylation sites is 2. The predicted molar refractivity (Wildman–Crippen MR) is 526 cm³/mol. The molecule has 29 nitrogen and oxygen atoms in total. The SMILES string of the molecule is CC(=O)/C=C/C(=O)Cc1ccc(CN(CCO)C(=O)c2cccc3cccnc23)cc1.CC(=O)C(=O)Cc1ccc(CN(CCO)C(=O)c2ccccc2)cc1.CC(=O)NCC(=O)Cc1ccc(CN(CCO)C(=O)c2ccccc2)cc1.CCC(=O)Cc1ccc(CN(CCO)C(=O)c2cccc3cccnc23)cc1.O=C(/C=C/C(=O)NO)Cc1ccc(CN(CCO)C(=O)c2ccccc2)cc1. The molecule has 0 saturated heterocycles. The van der Waals surface area contributed by atoms with Crippen molar-refractivity contribution in [3.8, 4) is 0 Å². The first-order valence-electron chi connectivity index (χ1n) is 45.0. The van der Waals surface area contributed by atoms with E-state index in [0.717, 1.165) is 78.6 Å². The van der Waals surface area contributed by atoms with E-state index in [2.05, 4.69) is 15.3 Å². The Balaban J connectivity index is 0.000000213. The van der Waals surface area contributed by atoms with Gasteiger partial charge in [-0.3, -0.25) is 82.3 Å². The molecular weight excluding hydrogens is 1770 g/mol. The highest BCUT2D eigenvalue weighted by Crippen LogP contribution is 2.24. The molecule has 720 valence electrons. The highest BCUT2D eigenvalue weighted by atomic mass is 16.5. The summed E-state index contributed by atoms with van der Waals surface area (Å²) in [5.41, 5.74) is 14.0. The van der Waals surface area contributed by atoms with Gasteiger partial charge in [0.1, 0.15) is 5.78 Å². The van der Waals surface area contributed by atoms with E-state index in [0.29, 0.717) is 84.4 Å². The van der Waals surface area contributed by atoms with Crippen LogP contribution < -0.4 is 10.8 Å². The average molecular weight is 1880 g/mol. The molecule has 12 aromatic rings. The van der Waals surface area contributed by atoms with Crippen LogP contribution in [0.15, 0.2) is 310 Å². The Kier molecular flexibility index (Phi) is 45.7. The fourth-order valence-electron chi connectivity index (χ4n) is 14.1. The predicted octanol–water partition coefficient (Wildman–Crippen LogP) is 11.6. The van der Waals surface area contributed by atoms with Crippen LogP contribution in [-0.4, -0.2) is 219 Å². The van der Waals surface area contributed by atoms with Crippen LogP contribution in [0.1, 0.15) is 142 Å². The van der Waals surface area contributed by atoms with Crippen molar-refractivity contribution in [3.05, 3.63) is 393 Å². The van der Waals surface area contributed by atoms with Gasteiger partial charge in [0.05, 0.1) is 61.7 Å². The lowest BCUT2D eigenvalue weighted by atomic mass is 10.0. The van der Waals surface area contributed by atoms with Crippen LogP contribution in [0.3, 0.4) is 0 Å². The highest BCUT2D eigenvalue weighted by Gasteiger charge is 2.24. The van der Waals surface area contributed by atoms with Gasteiger partial charge in [-0.2, -0.15) is 0 Å². The number of aliphatic hydroxyl groups excluding tert-OH is 5. The number of aromatic nitrogens is 2. The van der Waals surface area contributed by atoms with E-state index in [-0.39, 0.29) is 162 Å². The number of pyridine rings is 2. The van der Waals surface area contributed by atoms with Crippen molar-refractivity contribution in [3.63, 3.8) is 0 Å². The lowest BCUT2D eigenvalue weighted by Crippen LogP contribution is -2.33. The third-order valence-corrected chi connectivity index (χ3v) is 21.3. The quantitative estimate of drug-likeness (QED) is 0.00761. The first-order valence-corrected chi connectivity index (χ1v) is 45.0. The maximum Gasteiger partial charge on any atom is 0.267 e. The van der Waals surface area contributed by atoms with Crippen molar-refractivity contribution in [1.82, 2.24) is 45.3 Å². The number of carbonyl (C=O) groups is 14. The van der Waals surface area contributed by atoms with Crippen molar-refractivity contribution >= 4 is 104 Å². The molecule has 0 aliphatic rings. The van der Waals surface area contributed by atoms with Crippen LogP contribution in [0, 0.1) is 0 Å². The van der Waals surface area contributed by atoms with Crippen LogP contribution in [0.4, 0.5) is 0 Å². The Bertz CT molecular complexity index is 6150. The molecule has 0 aliphatic heterocycles. The number of Topliss-reactive ketones (excluding diaryl/α,β-unsaturated/α-hetero) is 4. The topological polar surface area (TPSA) is 426 Å². The third kappa shape index (κ3) is 37.1. The second kappa shape index (κ2) is 58.5. The standard InChI is InChI=1S/C25H24N2O4.C23H24N2O3.C21H22N2O5.C21H24N2O4.C20H21NO4/c1-18(29)7-12-22(30)16-19-8-10-20(11-9-19)17-27(14-15-28)25(31)23-6-2-4-21-5-3-13-26-24(21)23;1-2-20(27)15-17-8-10-18(11-9-17)16-25(13-14-26)23(28)21-7-3-5-19-6-4-12-24-22(19)21;24-13-12-23(21(27)18-4-2-1-3-5-18)15-17-8-6-16(7-9-17)14-19(25)10-11-20(26)22-28;1-16(25)22-14-20(26)13-17-7-9-18(10-8-17)15-23(11-12-24)21(27)19-5-3-2-4-6-19;1-15(23)19(24)13-16-7-9-17(10-8-16)14-21(11-12-22)20(25)18-5-3-2-4-6-18/h2-13,28H,14-17H2,1H3;3-12,26H,2,13-16H2,1H3;1-11,24,28H,12-15H2,(H,22,26);2-10,24H,11-15H2,1H3,(H,22,25);2-10,22H,11-14H2,1H3/b12-7+;;11-10+;;. The number of hydrogen-bond donors (Lipinski definition) is 8. The normalized spacial score (nSPS) is 10.6. The van der Waals surface area contributed by atoms with E-state index >= 15 is 0 Å². The number of hydroxylamine groups is 1. The number of rotatable bonds is 43. The van der Waals surface area contributed by atoms with Gasteiger partial charge in [0.15, 0.2) is 28.9 Å². The summed E-state index contributed by atoms with van der Waals surface area (Å²) in [6, 6.07) is 82.1. The van der Waals surface area contributed by atoms with E-state index in [1.54, 1.807) is 146 Å². The third-order valence-electron chi connectivity index (χ3n) is 21.3. The Hall–Kier alpha value is -15.8. The zero-order valence-electron chi connectivity index (χ0n) is 78.0. The van der Waals surface area contributed by atoms with Crippen LogP contribution in [-0.2, 0) is 108 Å². The van der Waals surface area contributed by atoms with E-state index in [9.17, 15) is 92.7 Å². The van der Waals surface area contributed by atoms with E-state index < -0.39 is 17.5 Å². The molecule has 2 aromatic heterocycles. The molecule has 0 radical (unpaired) electrons. The molecular formula is C110H115N9O20. The fraction of sp³-hybridized carbons (Fsp3) is 0.236. The van der Waals surface area contributed by atoms with Gasteiger partial charge in [0.2, 0.25) is 11.7 Å². The largest absolute Gasteiger partial charge is 0.395 e. The second-order valence-corrected chi connectivity index (χ2v) is 32.1. The molecule has 29 heteroatoms. The first kappa shape index (κ1) is 109. The van der Waals surface area contributed by atoms with Crippen molar-refractivity contribution in [2.45, 2.75) is 98.9 Å². The summed E-state index contributed by atoms with van der Waals surface area (Å²) < 4.78 is 0. The summed E-state index contributed by atoms with van der Waals surface area (Å²) in [5, 5.41) is 59.4. The van der Waals surface area contributed by atoms with Gasteiger partial charge in [-0.15, -0.1) is 0 Å². The number of ketones is 7. The summed E-state index contributed by atoms with van der Waals surface area (Å²) in [5.74, 6) is -3.16. The minimum Gasteiger partial charge on any atom is -0.395 e. The smallest absolute Gasteiger partial charge is 0.267 e. The molecule has 2 heterocycles. The molecule has 10 aromatic carbocycles. The summed E-state index contributed by atoms with van der Waals surface area (Å²) in [6.45, 7) is 8.13. The number of benzene rings is 10. The molecule has 0 atom stereocenters. The summed E-state index contributed by atoms with van der Waals surface area (Å²) in [7, 11) is 0. The van der Waals surface area contributed by atoms with E-state index in [1.165, 1.54) is 38.4 Å². The number of hydrogen-bond acceptors (Lipinski definition) is 22. The fourth-order valence-corrected chi connectivity index (χ4v) is 14.1. The maximum atomic E-state index is 13.2. The van der Waals surface area contributed by atoms with Crippen molar-refractivity contribution in [1.29, 1.82) is 0 Å². The number of aliphatic hydroxyl groups is 5. The molecule has 0 fully saturated rings. The van der Waals surface area contributed by atoms with Crippen molar-refractivity contribution in [2.75, 3.05) is 72.3 Å². The second-order valence-electron chi connectivity index (χ2n) is 32.1. The Labute approximate surface area is 806 Å². The van der Waals surface area contributed by atoms with Gasteiger partial charge in [0, 0.05) is 164 Å². The number of amides is 7. The van der Waals surface area contributed by atoms with Crippen LogP contribution in [0.5, 0.6) is 0 Å². The zero-order chi connectivity index (χ0) is 100. The molecule has 12 rings (SSSR count). The Morgan fingerprint density at radius 1 is 0.309 bits per heavy atom. The molecule has 0 bridgehead atoms. The minimum absolute atomic E-state index is 0.0208. The first-order chi connectivity index (χ1) is 67.1.